The van der Waals surface area contributed by atoms with Crippen LogP contribution in [0.3, 0.4) is 0 Å². The molecule has 0 saturated carbocycles. The fraction of sp³-hybridized carbons (Fsp3) is 0.217. The Hall–Kier alpha value is -3.41. The van der Waals surface area contributed by atoms with E-state index in [-0.39, 0.29) is 11.7 Å². The van der Waals surface area contributed by atoms with Crippen molar-refractivity contribution in [2.75, 3.05) is 5.32 Å². The number of fused-ring (bicyclic) bond motifs is 1. The second-order valence-corrected chi connectivity index (χ2v) is 7.24. The molecule has 0 radical (unpaired) electrons. The number of aromatic amines is 1. The summed E-state index contributed by atoms with van der Waals surface area (Å²) in [5, 5.41) is 8.66. The first kappa shape index (κ1) is 18.9. The first-order valence-electron chi connectivity index (χ1n) is 9.64. The molecular formula is C23H23FN4O. The van der Waals surface area contributed by atoms with Gasteiger partial charge in [-0.15, -0.1) is 0 Å². The molecule has 2 aromatic carbocycles. The van der Waals surface area contributed by atoms with Gasteiger partial charge in [-0.25, -0.2) is 4.39 Å². The lowest BCUT2D eigenvalue weighted by molar-refractivity contribution is -0.116. The minimum Gasteiger partial charge on any atom is -0.361 e. The molecule has 6 heteroatoms. The van der Waals surface area contributed by atoms with Crippen LogP contribution >= 0.6 is 0 Å². The summed E-state index contributed by atoms with van der Waals surface area (Å²) < 4.78 is 15.2. The Bertz CT molecular complexity index is 1170. The van der Waals surface area contributed by atoms with Gasteiger partial charge >= 0.3 is 0 Å². The molecule has 2 heterocycles. The maximum atomic E-state index is 13.4. The molecule has 0 bridgehead atoms. The van der Waals surface area contributed by atoms with Crippen LogP contribution in [0.1, 0.15) is 28.9 Å². The van der Waals surface area contributed by atoms with Gasteiger partial charge in [-0.3, -0.25) is 9.48 Å². The van der Waals surface area contributed by atoms with Crippen LogP contribution in [0, 0.1) is 19.7 Å². The lowest BCUT2D eigenvalue weighted by Crippen LogP contribution is -2.13. The quantitative estimate of drug-likeness (QED) is 0.499. The SMILES string of the molecule is Cc1nn(Cc2cccc(F)c2)c(C)c1NC(=O)CCc1c[nH]c2ccccc12. The zero-order valence-corrected chi connectivity index (χ0v) is 16.5. The van der Waals surface area contributed by atoms with Crippen molar-refractivity contribution in [1.29, 1.82) is 0 Å². The molecule has 5 nitrogen and oxygen atoms in total. The molecule has 4 rings (SSSR count). The van der Waals surface area contributed by atoms with Gasteiger partial charge in [-0.2, -0.15) is 5.10 Å². The van der Waals surface area contributed by atoms with Crippen molar-refractivity contribution in [1.82, 2.24) is 14.8 Å². The molecule has 0 aliphatic carbocycles. The smallest absolute Gasteiger partial charge is 0.224 e. The van der Waals surface area contributed by atoms with Gasteiger partial charge in [0.25, 0.3) is 0 Å². The van der Waals surface area contributed by atoms with Crippen molar-refractivity contribution in [2.45, 2.75) is 33.2 Å². The van der Waals surface area contributed by atoms with E-state index in [4.69, 9.17) is 0 Å². The van der Waals surface area contributed by atoms with E-state index in [1.54, 1.807) is 10.7 Å². The van der Waals surface area contributed by atoms with E-state index in [0.717, 1.165) is 39.1 Å². The molecule has 0 aliphatic heterocycles. The number of para-hydroxylation sites is 1. The van der Waals surface area contributed by atoms with Crippen LogP contribution in [0.15, 0.2) is 54.7 Å². The third-order valence-corrected chi connectivity index (χ3v) is 5.16. The molecule has 148 valence electrons. The summed E-state index contributed by atoms with van der Waals surface area (Å²) in [5.41, 5.74) is 5.36. The fourth-order valence-electron chi connectivity index (χ4n) is 3.63. The number of aromatic nitrogens is 3. The van der Waals surface area contributed by atoms with Crippen LogP contribution in [0.4, 0.5) is 10.1 Å². The van der Waals surface area contributed by atoms with Crippen molar-refractivity contribution in [3.05, 3.63) is 83.1 Å². The number of H-pyrrole nitrogens is 1. The average molecular weight is 390 g/mol. The molecule has 0 atom stereocenters. The lowest BCUT2D eigenvalue weighted by atomic mass is 10.1. The molecule has 0 unspecified atom stereocenters. The van der Waals surface area contributed by atoms with E-state index in [2.05, 4.69) is 21.5 Å². The molecule has 0 aliphatic rings. The Morgan fingerprint density at radius 3 is 2.83 bits per heavy atom. The monoisotopic (exact) mass is 390 g/mol. The summed E-state index contributed by atoms with van der Waals surface area (Å²) in [6.07, 6.45) is 3.01. The first-order chi connectivity index (χ1) is 14.0. The number of carbonyl (C=O) groups excluding carboxylic acids is 1. The maximum Gasteiger partial charge on any atom is 0.224 e. The highest BCUT2D eigenvalue weighted by Gasteiger charge is 2.15. The average Bonchev–Trinajstić information content (AvgIpc) is 3.23. The van der Waals surface area contributed by atoms with E-state index >= 15 is 0 Å². The number of halogens is 1. The molecule has 2 aromatic heterocycles. The zero-order valence-electron chi connectivity index (χ0n) is 16.5. The minimum absolute atomic E-state index is 0.0493. The van der Waals surface area contributed by atoms with Crippen LogP contribution in [-0.2, 0) is 17.8 Å². The summed E-state index contributed by atoms with van der Waals surface area (Å²) in [4.78, 5) is 15.8. The van der Waals surface area contributed by atoms with Gasteiger partial charge in [-0.1, -0.05) is 30.3 Å². The molecule has 0 saturated heterocycles. The Balaban J connectivity index is 1.43. The van der Waals surface area contributed by atoms with E-state index < -0.39 is 0 Å². The standard InChI is InChI=1S/C23H23FN4O/c1-15-23(16(2)28(27-15)14-17-6-5-7-19(24)12-17)26-22(29)11-10-18-13-25-21-9-4-3-8-20(18)21/h3-9,12-13,25H,10-11,14H2,1-2H3,(H,26,29). The van der Waals surface area contributed by atoms with Gasteiger partial charge < -0.3 is 10.3 Å². The Kier molecular flexibility index (Phi) is 5.16. The van der Waals surface area contributed by atoms with Gasteiger partial charge in [0.15, 0.2) is 0 Å². The van der Waals surface area contributed by atoms with Gasteiger partial charge in [0, 0.05) is 23.5 Å². The summed E-state index contributed by atoms with van der Waals surface area (Å²) in [5.74, 6) is -0.318. The van der Waals surface area contributed by atoms with Crippen LogP contribution < -0.4 is 5.32 Å². The predicted octanol–water partition coefficient (Wildman–Crippen LogP) is 4.74. The Morgan fingerprint density at radius 1 is 1.17 bits per heavy atom. The lowest BCUT2D eigenvalue weighted by Gasteiger charge is -2.07. The van der Waals surface area contributed by atoms with E-state index in [1.807, 2.05) is 44.3 Å². The van der Waals surface area contributed by atoms with Crippen molar-refractivity contribution in [2.24, 2.45) is 0 Å². The summed E-state index contributed by atoms with van der Waals surface area (Å²) in [7, 11) is 0. The van der Waals surface area contributed by atoms with Crippen molar-refractivity contribution < 1.29 is 9.18 Å². The number of nitrogens with one attached hydrogen (secondary N) is 2. The molecule has 0 spiro atoms. The third kappa shape index (κ3) is 4.06. The van der Waals surface area contributed by atoms with Crippen LogP contribution in [0.5, 0.6) is 0 Å². The number of hydrogen-bond donors (Lipinski definition) is 2. The highest BCUT2D eigenvalue weighted by molar-refractivity contribution is 5.92. The largest absolute Gasteiger partial charge is 0.361 e. The van der Waals surface area contributed by atoms with Crippen molar-refractivity contribution in [3.63, 3.8) is 0 Å². The molecular weight excluding hydrogens is 367 g/mol. The number of benzene rings is 2. The summed E-state index contributed by atoms with van der Waals surface area (Å²) >= 11 is 0. The number of rotatable bonds is 6. The normalized spacial score (nSPS) is 11.1. The number of amides is 1. The second kappa shape index (κ2) is 7.91. The topological polar surface area (TPSA) is 62.7 Å². The number of carbonyl (C=O) groups is 1. The van der Waals surface area contributed by atoms with E-state index in [0.29, 0.717) is 19.4 Å². The molecule has 29 heavy (non-hydrogen) atoms. The predicted molar refractivity (Wildman–Crippen MR) is 112 cm³/mol. The Labute approximate surface area is 168 Å². The van der Waals surface area contributed by atoms with Crippen molar-refractivity contribution >= 4 is 22.5 Å². The molecule has 2 N–H and O–H groups in total. The fourth-order valence-corrected chi connectivity index (χ4v) is 3.63. The zero-order chi connectivity index (χ0) is 20.4. The molecule has 4 aromatic rings. The number of anilines is 1. The maximum absolute atomic E-state index is 13.4. The van der Waals surface area contributed by atoms with Gasteiger partial charge in [0.05, 0.1) is 23.6 Å². The number of hydrogen-bond acceptors (Lipinski definition) is 2. The number of aryl methyl sites for hydroxylation is 2. The molecule has 1 amide bonds. The minimum atomic E-state index is -0.269. The number of nitrogens with zero attached hydrogens (tertiary/aromatic N) is 2. The molecule has 0 fully saturated rings. The van der Waals surface area contributed by atoms with Crippen LogP contribution in [0.25, 0.3) is 10.9 Å². The van der Waals surface area contributed by atoms with Crippen LogP contribution in [-0.4, -0.2) is 20.7 Å². The van der Waals surface area contributed by atoms with Gasteiger partial charge in [0.2, 0.25) is 5.91 Å². The van der Waals surface area contributed by atoms with E-state index in [1.165, 1.54) is 12.1 Å². The summed E-state index contributed by atoms with van der Waals surface area (Å²) in [6.45, 7) is 4.23. The highest BCUT2D eigenvalue weighted by atomic mass is 19.1. The van der Waals surface area contributed by atoms with Crippen LogP contribution in [0.2, 0.25) is 0 Å². The second-order valence-electron chi connectivity index (χ2n) is 7.24. The van der Waals surface area contributed by atoms with Gasteiger partial charge in [0.1, 0.15) is 5.82 Å². The van der Waals surface area contributed by atoms with Crippen molar-refractivity contribution in [3.8, 4) is 0 Å². The third-order valence-electron chi connectivity index (χ3n) is 5.16. The highest BCUT2D eigenvalue weighted by Crippen LogP contribution is 2.22. The summed E-state index contributed by atoms with van der Waals surface area (Å²) in [6, 6.07) is 14.5. The van der Waals surface area contributed by atoms with Gasteiger partial charge in [-0.05, 0) is 49.6 Å². The first-order valence-corrected chi connectivity index (χ1v) is 9.64. The Morgan fingerprint density at radius 2 is 2.00 bits per heavy atom. The van der Waals surface area contributed by atoms with E-state index in [9.17, 15) is 9.18 Å².